The van der Waals surface area contributed by atoms with Crippen molar-refractivity contribution in [3.8, 4) is 0 Å². The molecule has 2 aromatic carbocycles. The molecule has 0 fully saturated rings. The SMILES string of the molecule is CN(C)c1ccc(Nc2ccc(C(N)=S)cc2Cl)cc1. The maximum absolute atomic E-state index is 6.22. The Morgan fingerprint density at radius 1 is 1.15 bits per heavy atom. The maximum atomic E-state index is 6.22. The van der Waals surface area contributed by atoms with Crippen molar-refractivity contribution in [2.75, 3.05) is 24.3 Å². The Labute approximate surface area is 129 Å². The van der Waals surface area contributed by atoms with Gasteiger partial charge in [-0.15, -0.1) is 0 Å². The van der Waals surface area contributed by atoms with Gasteiger partial charge in [0.1, 0.15) is 4.99 Å². The Hall–Kier alpha value is -1.78. The fourth-order valence-corrected chi connectivity index (χ4v) is 2.12. The van der Waals surface area contributed by atoms with E-state index in [2.05, 4.69) is 5.32 Å². The molecule has 0 unspecified atom stereocenters. The summed E-state index contributed by atoms with van der Waals surface area (Å²) in [5.41, 5.74) is 9.28. The molecule has 3 N–H and O–H groups in total. The van der Waals surface area contributed by atoms with Crippen LogP contribution in [0.15, 0.2) is 42.5 Å². The molecule has 0 bridgehead atoms. The second-order valence-corrected chi connectivity index (χ2v) is 5.47. The molecule has 104 valence electrons. The largest absolute Gasteiger partial charge is 0.389 e. The second kappa shape index (κ2) is 6.11. The molecule has 5 heteroatoms. The molecule has 0 aliphatic heterocycles. The number of nitrogens with two attached hydrogens (primary N) is 1. The van der Waals surface area contributed by atoms with Crippen molar-refractivity contribution in [3.63, 3.8) is 0 Å². The second-order valence-electron chi connectivity index (χ2n) is 4.63. The van der Waals surface area contributed by atoms with Gasteiger partial charge in [0, 0.05) is 31.0 Å². The van der Waals surface area contributed by atoms with E-state index >= 15 is 0 Å². The Bertz CT molecular complexity index is 624. The average Bonchev–Trinajstić information content (AvgIpc) is 2.41. The molecule has 0 aromatic heterocycles. The summed E-state index contributed by atoms with van der Waals surface area (Å²) in [6.07, 6.45) is 0. The van der Waals surface area contributed by atoms with Gasteiger partial charge >= 0.3 is 0 Å². The van der Waals surface area contributed by atoms with E-state index in [9.17, 15) is 0 Å². The van der Waals surface area contributed by atoms with Crippen molar-refractivity contribution in [1.82, 2.24) is 0 Å². The number of benzene rings is 2. The fourth-order valence-electron chi connectivity index (χ4n) is 1.77. The summed E-state index contributed by atoms with van der Waals surface area (Å²) >= 11 is 11.1. The molecule has 0 heterocycles. The number of rotatable bonds is 4. The third-order valence-corrected chi connectivity index (χ3v) is 3.46. The molecule has 0 atom stereocenters. The van der Waals surface area contributed by atoms with Gasteiger partial charge in [-0.25, -0.2) is 0 Å². The number of anilines is 3. The molecule has 2 rings (SSSR count). The predicted molar refractivity (Wildman–Crippen MR) is 91.4 cm³/mol. The van der Waals surface area contributed by atoms with Crippen LogP contribution >= 0.6 is 23.8 Å². The van der Waals surface area contributed by atoms with Gasteiger partial charge in [0.25, 0.3) is 0 Å². The van der Waals surface area contributed by atoms with E-state index in [1.54, 1.807) is 6.07 Å². The van der Waals surface area contributed by atoms with Crippen molar-refractivity contribution in [2.45, 2.75) is 0 Å². The molecule has 0 aliphatic carbocycles. The van der Waals surface area contributed by atoms with E-state index in [1.165, 1.54) is 0 Å². The van der Waals surface area contributed by atoms with E-state index in [0.717, 1.165) is 22.6 Å². The Kier molecular flexibility index (Phi) is 4.47. The van der Waals surface area contributed by atoms with Crippen LogP contribution in [0.1, 0.15) is 5.56 Å². The summed E-state index contributed by atoms with van der Waals surface area (Å²) in [5, 5.41) is 3.86. The zero-order valence-corrected chi connectivity index (χ0v) is 12.9. The van der Waals surface area contributed by atoms with Crippen molar-refractivity contribution in [3.05, 3.63) is 53.1 Å². The zero-order chi connectivity index (χ0) is 14.7. The zero-order valence-electron chi connectivity index (χ0n) is 11.4. The lowest BCUT2D eigenvalue weighted by Crippen LogP contribution is -2.09. The summed E-state index contributed by atoms with van der Waals surface area (Å²) in [5.74, 6) is 0. The van der Waals surface area contributed by atoms with Gasteiger partial charge in [-0.3, -0.25) is 0 Å². The topological polar surface area (TPSA) is 41.3 Å². The lowest BCUT2D eigenvalue weighted by Gasteiger charge is -2.14. The molecule has 0 aliphatic rings. The third kappa shape index (κ3) is 3.40. The summed E-state index contributed by atoms with van der Waals surface area (Å²) in [6, 6.07) is 13.6. The fraction of sp³-hybridized carbons (Fsp3) is 0.133. The highest BCUT2D eigenvalue weighted by molar-refractivity contribution is 7.80. The van der Waals surface area contributed by atoms with Crippen LogP contribution in [0, 0.1) is 0 Å². The molecule has 0 spiro atoms. The first-order chi connectivity index (χ1) is 9.47. The molecule has 0 saturated carbocycles. The molecule has 0 saturated heterocycles. The average molecular weight is 306 g/mol. The number of hydrogen-bond donors (Lipinski definition) is 2. The highest BCUT2D eigenvalue weighted by Crippen LogP contribution is 2.27. The van der Waals surface area contributed by atoms with Crippen LogP contribution < -0.4 is 16.0 Å². The lowest BCUT2D eigenvalue weighted by atomic mass is 10.2. The van der Waals surface area contributed by atoms with Crippen LogP contribution in [-0.2, 0) is 0 Å². The maximum Gasteiger partial charge on any atom is 0.104 e. The monoisotopic (exact) mass is 305 g/mol. The van der Waals surface area contributed by atoms with Gasteiger partial charge in [-0.2, -0.15) is 0 Å². The summed E-state index contributed by atoms with van der Waals surface area (Å²) in [4.78, 5) is 2.39. The first-order valence-corrected chi connectivity index (χ1v) is 6.90. The van der Waals surface area contributed by atoms with Crippen LogP contribution in [0.25, 0.3) is 0 Å². The number of nitrogens with zero attached hydrogens (tertiary/aromatic N) is 1. The van der Waals surface area contributed by atoms with Gasteiger partial charge in [-0.1, -0.05) is 23.8 Å². The molecule has 2 aromatic rings. The minimum Gasteiger partial charge on any atom is -0.389 e. The van der Waals surface area contributed by atoms with Gasteiger partial charge in [0.05, 0.1) is 10.7 Å². The Morgan fingerprint density at radius 2 is 1.80 bits per heavy atom. The lowest BCUT2D eigenvalue weighted by molar-refractivity contribution is 1.13. The summed E-state index contributed by atoms with van der Waals surface area (Å²) in [7, 11) is 4.02. The highest BCUT2D eigenvalue weighted by Gasteiger charge is 2.04. The van der Waals surface area contributed by atoms with Crippen LogP contribution in [0.4, 0.5) is 17.1 Å². The molecular formula is C15H16ClN3S. The number of hydrogen-bond acceptors (Lipinski definition) is 3. The minimum absolute atomic E-state index is 0.341. The van der Waals surface area contributed by atoms with E-state index in [4.69, 9.17) is 29.6 Å². The van der Waals surface area contributed by atoms with Crippen molar-refractivity contribution < 1.29 is 0 Å². The number of halogens is 1. The molecule has 0 amide bonds. The molecular weight excluding hydrogens is 290 g/mol. The quantitative estimate of drug-likeness (QED) is 0.843. The molecule has 0 radical (unpaired) electrons. The summed E-state index contributed by atoms with van der Waals surface area (Å²) in [6.45, 7) is 0. The van der Waals surface area contributed by atoms with Crippen molar-refractivity contribution >= 4 is 45.9 Å². The van der Waals surface area contributed by atoms with Gasteiger partial charge in [-0.05, 0) is 42.5 Å². The van der Waals surface area contributed by atoms with E-state index < -0.39 is 0 Å². The third-order valence-electron chi connectivity index (χ3n) is 2.92. The van der Waals surface area contributed by atoms with E-state index in [0.29, 0.717) is 10.0 Å². The minimum atomic E-state index is 0.341. The van der Waals surface area contributed by atoms with Crippen molar-refractivity contribution in [1.29, 1.82) is 0 Å². The standard InChI is InChI=1S/C15H16ClN3S/c1-19(2)12-6-4-11(5-7-12)18-14-8-3-10(15(17)20)9-13(14)16/h3-9,18H,1-2H3,(H2,17,20). The molecule has 20 heavy (non-hydrogen) atoms. The smallest absolute Gasteiger partial charge is 0.104 e. The number of thiocarbonyl (C=S) groups is 1. The Morgan fingerprint density at radius 3 is 2.30 bits per heavy atom. The van der Waals surface area contributed by atoms with E-state index in [-0.39, 0.29) is 0 Å². The van der Waals surface area contributed by atoms with Crippen LogP contribution in [-0.4, -0.2) is 19.1 Å². The van der Waals surface area contributed by atoms with Crippen molar-refractivity contribution in [2.24, 2.45) is 5.73 Å². The van der Waals surface area contributed by atoms with Crippen LogP contribution in [0.5, 0.6) is 0 Å². The normalized spacial score (nSPS) is 10.2. The van der Waals surface area contributed by atoms with E-state index in [1.807, 2.05) is 55.4 Å². The highest BCUT2D eigenvalue weighted by atomic mass is 35.5. The first-order valence-electron chi connectivity index (χ1n) is 6.11. The Balaban J connectivity index is 2.19. The van der Waals surface area contributed by atoms with Crippen LogP contribution in [0.3, 0.4) is 0 Å². The van der Waals surface area contributed by atoms with Gasteiger partial charge in [0.15, 0.2) is 0 Å². The van der Waals surface area contributed by atoms with Crippen LogP contribution in [0.2, 0.25) is 5.02 Å². The van der Waals surface area contributed by atoms with Gasteiger partial charge < -0.3 is 16.0 Å². The predicted octanol–water partition coefficient (Wildman–Crippen LogP) is 3.78. The van der Waals surface area contributed by atoms with Gasteiger partial charge in [0.2, 0.25) is 0 Å². The summed E-state index contributed by atoms with van der Waals surface area (Å²) < 4.78 is 0. The number of nitrogens with one attached hydrogen (secondary N) is 1. The first kappa shape index (κ1) is 14.6. The molecule has 3 nitrogen and oxygen atoms in total.